The van der Waals surface area contributed by atoms with Gasteiger partial charge in [-0.2, -0.15) is 0 Å². The predicted molar refractivity (Wildman–Crippen MR) is 27.7 cm³/mol. The number of hydrogen-bond donors (Lipinski definition) is 0. The minimum Gasteiger partial charge on any atom is -2.00 e. The monoisotopic (exact) mass is 632 g/mol. The Labute approximate surface area is 192 Å². The van der Waals surface area contributed by atoms with E-state index in [-0.39, 0.29) is 87.3 Å². The average Bonchev–Trinajstić information content (AvgIpc) is 1.94. The standard InChI is InChI=1S/5CH2O3.2Ag.O.2V/c5*2-1(3)4;;;;;/h5*(H2,2,3,4);;;;;/q;;;;;2*+1;-2;;/p-10. The van der Waals surface area contributed by atoms with Gasteiger partial charge in [-0.3, -0.25) is 0 Å². The fraction of sp³-hybridized carbons (Fsp3) is 0. The molecule has 25 heavy (non-hydrogen) atoms. The van der Waals surface area contributed by atoms with E-state index in [4.69, 9.17) is 75.0 Å². The van der Waals surface area contributed by atoms with Crippen molar-refractivity contribution in [2.45, 2.75) is 0 Å². The molecule has 0 spiro atoms. The molecule has 0 saturated carbocycles. The molecule has 16 nitrogen and oxygen atoms in total. The smallest absolute Gasteiger partial charge is 1.00 e. The van der Waals surface area contributed by atoms with Crippen LogP contribution in [0.2, 0.25) is 0 Å². The molecule has 2 radical (unpaired) electrons. The van der Waals surface area contributed by atoms with Crippen LogP contribution in [0.4, 0.5) is 24.0 Å². The summed E-state index contributed by atoms with van der Waals surface area (Å²) in [6, 6.07) is 0. The van der Waals surface area contributed by atoms with Crippen molar-refractivity contribution in [2.75, 3.05) is 0 Å². The van der Waals surface area contributed by atoms with Gasteiger partial charge in [-0.25, -0.2) is 0 Å². The zero-order chi connectivity index (χ0) is 17.9. The molecule has 0 aromatic carbocycles. The second kappa shape index (κ2) is 56.8. The van der Waals surface area contributed by atoms with E-state index < -0.39 is 30.8 Å². The molecule has 0 aromatic heterocycles. The zero-order valence-electron chi connectivity index (χ0n) is 10.5. The van der Waals surface area contributed by atoms with E-state index in [2.05, 4.69) is 0 Å². The summed E-state index contributed by atoms with van der Waals surface area (Å²) >= 11 is 0. The van der Waals surface area contributed by atoms with Crippen molar-refractivity contribution in [1.29, 1.82) is 0 Å². The van der Waals surface area contributed by atoms with Gasteiger partial charge >= 0.3 is 44.8 Å². The predicted octanol–water partition coefficient (Wildman–Crippen LogP) is -12.4. The molecular formula is C5Ag2O16V2-10. The first-order chi connectivity index (χ1) is 8.66. The Hall–Kier alpha value is -1.04. The Morgan fingerprint density at radius 2 is 0.360 bits per heavy atom. The molecule has 0 aliphatic carbocycles. The Bertz CT molecular complexity index is 221. The largest absolute Gasteiger partial charge is 2.00 e. The minimum absolute atomic E-state index is 0. The van der Waals surface area contributed by atoms with Gasteiger partial charge < -0.3 is 80.5 Å². The SMILES string of the molecule is O=C([O-])[O-].O=C([O-])[O-].O=C([O-])[O-].O=C([O-])[O-].O=C([O-])[O-].[Ag+].[Ag+].[O-2].[V].[V]. The van der Waals surface area contributed by atoms with Crippen molar-refractivity contribution in [1.82, 2.24) is 0 Å². The summed E-state index contributed by atoms with van der Waals surface area (Å²) in [7, 11) is 0. The number of hydrogen-bond acceptors (Lipinski definition) is 15. The Morgan fingerprint density at radius 3 is 0.360 bits per heavy atom. The van der Waals surface area contributed by atoms with Crippen molar-refractivity contribution in [2.24, 2.45) is 0 Å². The van der Waals surface area contributed by atoms with Crippen LogP contribution in [0.5, 0.6) is 0 Å². The van der Waals surface area contributed by atoms with Gasteiger partial charge in [0.25, 0.3) is 0 Å². The molecule has 158 valence electrons. The Kier molecular flexibility index (Phi) is 147. The summed E-state index contributed by atoms with van der Waals surface area (Å²) < 4.78 is 0. The van der Waals surface area contributed by atoms with Crippen LogP contribution >= 0.6 is 0 Å². The molecule has 0 saturated heterocycles. The van der Waals surface area contributed by atoms with E-state index in [9.17, 15) is 0 Å². The molecular weight excluding hydrogens is 634 g/mol. The van der Waals surface area contributed by atoms with E-state index in [0.717, 1.165) is 0 Å². The van der Waals surface area contributed by atoms with Gasteiger partial charge in [0.15, 0.2) is 0 Å². The van der Waals surface area contributed by atoms with Crippen LogP contribution < -0.4 is 51.1 Å². The molecule has 0 atom stereocenters. The molecule has 0 aliphatic rings. The van der Waals surface area contributed by atoms with Crippen molar-refractivity contribution < 1.29 is 162 Å². The maximum Gasteiger partial charge on any atom is 1.00 e. The van der Waals surface area contributed by atoms with Gasteiger partial charge in [0.05, 0.1) is 0 Å². The van der Waals surface area contributed by atoms with Crippen LogP contribution in [0.15, 0.2) is 0 Å². The van der Waals surface area contributed by atoms with Gasteiger partial charge in [-0.15, -0.1) is 0 Å². The molecule has 20 heteroatoms. The summed E-state index contributed by atoms with van der Waals surface area (Å²) in [5.41, 5.74) is 0. The molecule has 0 rings (SSSR count). The third-order valence-corrected chi connectivity index (χ3v) is 0. The van der Waals surface area contributed by atoms with Crippen molar-refractivity contribution in [3.05, 3.63) is 0 Å². The molecule has 0 amide bonds. The minimum atomic E-state index is -2.33. The van der Waals surface area contributed by atoms with Gasteiger partial charge in [0.2, 0.25) is 0 Å². The summed E-state index contributed by atoms with van der Waals surface area (Å²) in [4.78, 5) is 41.7. The fourth-order valence-electron chi connectivity index (χ4n) is 0. The van der Waals surface area contributed by atoms with Crippen LogP contribution in [0.25, 0.3) is 0 Å². The quantitative estimate of drug-likeness (QED) is 0.223. The van der Waals surface area contributed by atoms with Crippen molar-refractivity contribution in [3.63, 3.8) is 0 Å². The summed E-state index contributed by atoms with van der Waals surface area (Å²) in [5.74, 6) is 0. The number of carbonyl (C=O) groups is 5. The summed E-state index contributed by atoms with van der Waals surface area (Å²) in [6.07, 6.45) is -11.7. The Morgan fingerprint density at radius 1 is 0.360 bits per heavy atom. The van der Waals surface area contributed by atoms with Crippen molar-refractivity contribution >= 4 is 30.8 Å². The van der Waals surface area contributed by atoms with E-state index in [1.807, 2.05) is 0 Å². The van der Waals surface area contributed by atoms with Crippen molar-refractivity contribution in [3.8, 4) is 0 Å². The van der Waals surface area contributed by atoms with E-state index in [1.165, 1.54) is 0 Å². The second-order valence-corrected chi connectivity index (χ2v) is 1.25. The Balaban J connectivity index is -0.0000000134. The van der Waals surface area contributed by atoms with E-state index >= 15 is 0 Å². The summed E-state index contributed by atoms with van der Waals surface area (Å²) in [5, 5.41) is 83.3. The van der Waals surface area contributed by atoms with Crippen LogP contribution in [-0.2, 0) is 87.3 Å². The first-order valence-electron chi connectivity index (χ1n) is 3.06. The van der Waals surface area contributed by atoms with Gasteiger partial charge in [-0.1, -0.05) is 0 Å². The van der Waals surface area contributed by atoms with Crippen LogP contribution in [0, 0.1) is 0 Å². The maximum absolute atomic E-state index is 8.33. The first-order valence-corrected chi connectivity index (χ1v) is 3.06. The van der Waals surface area contributed by atoms with Gasteiger partial charge in [0, 0.05) is 37.1 Å². The third-order valence-electron chi connectivity index (χ3n) is 0. The van der Waals surface area contributed by atoms with Gasteiger partial charge in [-0.05, 0) is 30.8 Å². The molecule has 0 aromatic rings. The average molecular weight is 634 g/mol. The number of carbonyl (C=O) groups excluding carboxylic acids is 5. The van der Waals surface area contributed by atoms with Gasteiger partial charge in [0.1, 0.15) is 0 Å². The fourth-order valence-corrected chi connectivity index (χ4v) is 0. The van der Waals surface area contributed by atoms with E-state index in [0.29, 0.717) is 0 Å². The molecule has 0 fully saturated rings. The summed E-state index contributed by atoms with van der Waals surface area (Å²) in [6.45, 7) is 0. The van der Waals surface area contributed by atoms with Crippen LogP contribution in [0.1, 0.15) is 0 Å². The van der Waals surface area contributed by atoms with Crippen LogP contribution in [0.3, 0.4) is 0 Å². The third kappa shape index (κ3) is 9310. The molecule has 0 unspecified atom stereocenters. The molecule has 0 N–H and O–H groups in total. The first kappa shape index (κ1) is 64.8. The second-order valence-electron chi connectivity index (χ2n) is 1.25. The van der Waals surface area contributed by atoms with Crippen LogP contribution in [-0.4, -0.2) is 30.8 Å². The molecule has 0 heterocycles. The normalized spacial score (nSPS) is 4.80. The number of rotatable bonds is 0. The maximum atomic E-state index is 8.33. The molecule has 0 aliphatic heterocycles. The van der Waals surface area contributed by atoms with E-state index in [1.54, 1.807) is 0 Å². The molecule has 0 bridgehead atoms. The number of carboxylic acid groups (broad SMARTS) is 10. The topological polar surface area (TPSA) is 344 Å². The zero-order valence-corrected chi connectivity index (χ0v) is 16.3.